The molecule has 8 nitrogen and oxygen atoms in total. The highest BCUT2D eigenvalue weighted by atomic mass is 32.2. The summed E-state index contributed by atoms with van der Waals surface area (Å²) in [5.74, 6) is 7.93. The number of aromatic nitrogens is 4. The highest BCUT2D eigenvalue weighted by molar-refractivity contribution is 7.99. The zero-order valence-electron chi connectivity index (χ0n) is 19.7. The van der Waals surface area contributed by atoms with Crippen LogP contribution >= 0.6 is 23.1 Å². The molecule has 0 atom stereocenters. The van der Waals surface area contributed by atoms with Crippen molar-refractivity contribution in [2.75, 3.05) is 49.2 Å². The molecule has 3 aromatic heterocycles. The molecule has 0 radical (unpaired) electrons. The van der Waals surface area contributed by atoms with Gasteiger partial charge in [-0.05, 0) is 51.4 Å². The summed E-state index contributed by atoms with van der Waals surface area (Å²) >= 11 is 3.12. The zero-order chi connectivity index (χ0) is 23.8. The quantitative estimate of drug-likeness (QED) is 0.188. The number of para-hydroxylation sites is 2. The highest BCUT2D eigenvalue weighted by Crippen LogP contribution is 2.28. The van der Waals surface area contributed by atoms with E-state index in [4.69, 9.17) is 15.8 Å². The van der Waals surface area contributed by atoms with Gasteiger partial charge in [-0.25, -0.2) is 19.6 Å². The second-order valence-corrected chi connectivity index (χ2v) is 11.0. The van der Waals surface area contributed by atoms with E-state index in [0.29, 0.717) is 10.5 Å². The molecule has 178 valence electrons. The average Bonchev–Trinajstić information content (AvgIpc) is 3.13. The summed E-state index contributed by atoms with van der Waals surface area (Å²) < 4.78 is 1.21. The lowest BCUT2D eigenvalue weighted by Crippen LogP contribution is -2.47. The fourth-order valence-electron chi connectivity index (χ4n) is 4.40. The Hall–Kier alpha value is -2.69. The van der Waals surface area contributed by atoms with Crippen molar-refractivity contribution in [2.45, 2.75) is 32.3 Å². The van der Waals surface area contributed by atoms with Gasteiger partial charge in [0.1, 0.15) is 4.83 Å². The molecule has 10 heteroatoms. The maximum atomic E-state index is 12.7. The highest BCUT2D eigenvalue weighted by Gasteiger charge is 2.20. The molecular formula is C24H29N7OS2. The number of nitrogens with zero attached hydrogens (tertiary/aromatic N) is 6. The van der Waals surface area contributed by atoms with Crippen LogP contribution in [0.4, 0.5) is 5.82 Å². The Morgan fingerprint density at radius 1 is 1.03 bits per heavy atom. The van der Waals surface area contributed by atoms with Crippen molar-refractivity contribution in [3.63, 3.8) is 0 Å². The number of hydrogen-bond acceptors (Lipinski definition) is 9. The molecule has 1 aliphatic heterocycles. The van der Waals surface area contributed by atoms with Crippen LogP contribution in [0.2, 0.25) is 0 Å². The van der Waals surface area contributed by atoms with Crippen molar-refractivity contribution in [1.29, 1.82) is 0 Å². The largest absolute Gasteiger partial charge is 0.353 e. The number of thiophene rings is 1. The first-order valence-corrected chi connectivity index (χ1v) is 13.3. The molecule has 5 rings (SSSR count). The second-order valence-electron chi connectivity index (χ2n) is 8.68. The van der Waals surface area contributed by atoms with Crippen LogP contribution < -0.4 is 16.3 Å². The van der Waals surface area contributed by atoms with E-state index >= 15 is 0 Å². The van der Waals surface area contributed by atoms with E-state index < -0.39 is 0 Å². The van der Waals surface area contributed by atoms with Crippen molar-refractivity contribution in [1.82, 2.24) is 24.5 Å². The third-order valence-electron chi connectivity index (χ3n) is 6.44. The molecule has 1 aromatic carbocycles. The van der Waals surface area contributed by atoms with Crippen LogP contribution in [0.5, 0.6) is 0 Å². The van der Waals surface area contributed by atoms with Gasteiger partial charge >= 0.3 is 0 Å². The Bertz CT molecular complexity index is 1410. The van der Waals surface area contributed by atoms with Gasteiger partial charge in [-0.1, -0.05) is 23.9 Å². The Kier molecular flexibility index (Phi) is 6.46. The first-order valence-electron chi connectivity index (χ1n) is 11.5. The molecule has 2 N–H and O–H groups in total. The molecule has 1 saturated heterocycles. The van der Waals surface area contributed by atoms with E-state index in [0.717, 1.165) is 82.7 Å². The Balaban J connectivity index is 1.15. The van der Waals surface area contributed by atoms with Crippen LogP contribution in [0.1, 0.15) is 22.6 Å². The molecule has 0 bridgehead atoms. The number of benzene rings is 1. The van der Waals surface area contributed by atoms with Crippen molar-refractivity contribution < 1.29 is 0 Å². The Morgan fingerprint density at radius 3 is 2.47 bits per heavy atom. The zero-order valence-corrected chi connectivity index (χ0v) is 21.4. The molecule has 0 amide bonds. The van der Waals surface area contributed by atoms with Gasteiger partial charge in [0.15, 0.2) is 11.0 Å². The van der Waals surface area contributed by atoms with E-state index in [1.807, 2.05) is 45.0 Å². The monoisotopic (exact) mass is 495 g/mol. The summed E-state index contributed by atoms with van der Waals surface area (Å²) in [5.41, 5.74) is 3.70. The van der Waals surface area contributed by atoms with Crippen molar-refractivity contribution in [2.24, 2.45) is 0 Å². The van der Waals surface area contributed by atoms with E-state index in [1.54, 1.807) is 23.1 Å². The standard InChI is InChI=1S/C24H29N7OS2/c1-15-17(3)34-22-20(15)23(32)31(25)24(28-22)33-14-6-9-29-10-12-30(13-11-29)21-16(2)26-18-7-4-5-8-19(18)27-21/h4-5,7-8H,6,9-14,25H2,1-3H3. The maximum absolute atomic E-state index is 12.7. The van der Waals surface area contributed by atoms with Gasteiger partial charge in [0.2, 0.25) is 0 Å². The predicted molar refractivity (Wildman–Crippen MR) is 142 cm³/mol. The number of thioether (sulfide) groups is 1. The number of rotatable bonds is 6. The maximum Gasteiger partial charge on any atom is 0.281 e. The smallest absolute Gasteiger partial charge is 0.281 e. The number of piperazine rings is 1. The first kappa shape index (κ1) is 23.1. The molecule has 34 heavy (non-hydrogen) atoms. The number of anilines is 1. The van der Waals surface area contributed by atoms with Crippen LogP contribution in [0, 0.1) is 20.8 Å². The molecule has 4 aromatic rings. The lowest BCUT2D eigenvalue weighted by atomic mass is 10.2. The Labute approximate surface area is 206 Å². The fraction of sp³-hybridized carbons (Fsp3) is 0.417. The number of hydrogen-bond donors (Lipinski definition) is 1. The second kappa shape index (κ2) is 9.52. The summed E-state index contributed by atoms with van der Waals surface area (Å²) in [5, 5.41) is 1.24. The number of aryl methyl sites for hydroxylation is 3. The molecule has 0 spiro atoms. The van der Waals surface area contributed by atoms with Gasteiger partial charge < -0.3 is 10.7 Å². The number of nitrogens with two attached hydrogens (primary N) is 1. The molecule has 4 heterocycles. The van der Waals surface area contributed by atoms with Crippen LogP contribution in [-0.2, 0) is 0 Å². The van der Waals surface area contributed by atoms with Gasteiger partial charge in [0.25, 0.3) is 5.56 Å². The summed E-state index contributed by atoms with van der Waals surface area (Å²) in [4.78, 5) is 33.7. The third kappa shape index (κ3) is 4.37. The van der Waals surface area contributed by atoms with Crippen molar-refractivity contribution in [3.05, 3.63) is 50.8 Å². The van der Waals surface area contributed by atoms with E-state index in [-0.39, 0.29) is 5.56 Å². The van der Waals surface area contributed by atoms with E-state index in [9.17, 15) is 4.79 Å². The average molecular weight is 496 g/mol. The van der Waals surface area contributed by atoms with Crippen molar-refractivity contribution in [3.8, 4) is 0 Å². The van der Waals surface area contributed by atoms with Crippen LogP contribution in [0.3, 0.4) is 0 Å². The summed E-state index contributed by atoms with van der Waals surface area (Å²) in [6.07, 6.45) is 1.01. The minimum Gasteiger partial charge on any atom is -0.353 e. The van der Waals surface area contributed by atoms with Gasteiger partial charge in [0.05, 0.1) is 22.1 Å². The lowest BCUT2D eigenvalue weighted by Gasteiger charge is -2.35. The molecule has 1 fully saturated rings. The van der Waals surface area contributed by atoms with E-state index in [2.05, 4.69) is 14.8 Å². The number of fused-ring (bicyclic) bond motifs is 2. The third-order valence-corrected chi connectivity index (χ3v) is 8.58. The van der Waals surface area contributed by atoms with E-state index in [1.165, 1.54) is 4.68 Å². The molecule has 0 unspecified atom stereocenters. The summed E-state index contributed by atoms with van der Waals surface area (Å²) in [6.45, 7) is 10.9. The normalized spacial score (nSPS) is 15.0. The molecule has 0 aliphatic carbocycles. The summed E-state index contributed by atoms with van der Waals surface area (Å²) in [7, 11) is 0. The van der Waals surface area contributed by atoms with Gasteiger partial charge in [-0.2, -0.15) is 0 Å². The first-order chi connectivity index (χ1) is 16.4. The minimum absolute atomic E-state index is 0.155. The van der Waals surface area contributed by atoms with Crippen molar-refractivity contribution >= 4 is 50.2 Å². The number of nitrogen functional groups attached to an aromatic ring is 1. The van der Waals surface area contributed by atoms with Crippen LogP contribution in [-0.4, -0.2) is 63.0 Å². The van der Waals surface area contributed by atoms with Gasteiger partial charge in [0, 0.05) is 36.8 Å². The fourth-order valence-corrected chi connectivity index (χ4v) is 6.31. The lowest BCUT2D eigenvalue weighted by molar-refractivity contribution is 0.258. The molecule has 1 aliphatic rings. The molecule has 0 saturated carbocycles. The van der Waals surface area contributed by atoms with Crippen LogP contribution in [0.15, 0.2) is 34.2 Å². The topological polar surface area (TPSA) is 93.2 Å². The van der Waals surface area contributed by atoms with Gasteiger partial charge in [-0.3, -0.25) is 9.69 Å². The summed E-state index contributed by atoms with van der Waals surface area (Å²) in [6, 6.07) is 8.03. The van der Waals surface area contributed by atoms with Crippen LogP contribution in [0.25, 0.3) is 21.3 Å². The van der Waals surface area contributed by atoms with Gasteiger partial charge in [-0.15, -0.1) is 11.3 Å². The minimum atomic E-state index is -0.155. The SMILES string of the molecule is Cc1nc2ccccc2nc1N1CCN(CCCSc2nc3sc(C)c(C)c3c(=O)n2N)CC1. The predicted octanol–water partition coefficient (Wildman–Crippen LogP) is 3.34. The Morgan fingerprint density at radius 2 is 1.74 bits per heavy atom. The molecular weight excluding hydrogens is 466 g/mol.